The van der Waals surface area contributed by atoms with Crippen LogP contribution in [0, 0.1) is 5.82 Å². The fourth-order valence-corrected chi connectivity index (χ4v) is 4.26. The number of nitrogens with zero attached hydrogens (tertiary/aromatic N) is 5. The van der Waals surface area contributed by atoms with Crippen LogP contribution in [-0.2, 0) is 6.54 Å². The van der Waals surface area contributed by atoms with Gasteiger partial charge in [-0.2, -0.15) is 0 Å². The highest BCUT2D eigenvalue weighted by molar-refractivity contribution is 5.98. The zero-order chi connectivity index (χ0) is 22.9. The molecule has 2 aromatic carbocycles. The Morgan fingerprint density at radius 1 is 1.06 bits per heavy atom. The van der Waals surface area contributed by atoms with Crippen LogP contribution < -0.4 is 16.0 Å². The zero-order valence-corrected chi connectivity index (χ0v) is 18.0. The van der Waals surface area contributed by atoms with Crippen LogP contribution in [0.5, 0.6) is 0 Å². The summed E-state index contributed by atoms with van der Waals surface area (Å²) in [5.41, 5.74) is 7.38. The molecule has 2 aliphatic heterocycles. The molecule has 0 radical (unpaired) electrons. The summed E-state index contributed by atoms with van der Waals surface area (Å²) in [5.74, 6) is 0.116. The number of urea groups is 1. The number of fused-ring (bicyclic) bond motifs is 1. The Morgan fingerprint density at radius 2 is 1.85 bits per heavy atom. The van der Waals surface area contributed by atoms with E-state index in [4.69, 9.17) is 5.73 Å². The maximum Gasteiger partial charge on any atom is 0.321 e. The van der Waals surface area contributed by atoms with E-state index in [1.54, 1.807) is 4.90 Å². The van der Waals surface area contributed by atoms with Gasteiger partial charge in [-0.15, -0.1) is 0 Å². The third kappa shape index (κ3) is 4.17. The molecule has 0 saturated carbocycles. The van der Waals surface area contributed by atoms with Gasteiger partial charge in [0.1, 0.15) is 17.5 Å². The highest BCUT2D eigenvalue weighted by atomic mass is 19.1. The van der Waals surface area contributed by atoms with Crippen molar-refractivity contribution in [3.05, 3.63) is 59.7 Å². The maximum absolute atomic E-state index is 14.5. The molecule has 3 amide bonds. The molecule has 3 aromatic rings. The van der Waals surface area contributed by atoms with Crippen LogP contribution in [0.15, 0.2) is 42.5 Å². The Kier molecular flexibility index (Phi) is 5.51. The number of amides is 3. The minimum Gasteiger partial charge on any atom is -0.383 e. The smallest absolute Gasteiger partial charge is 0.321 e. The second-order valence-corrected chi connectivity index (χ2v) is 8.16. The Balaban J connectivity index is 1.25. The van der Waals surface area contributed by atoms with Crippen molar-refractivity contribution in [2.24, 2.45) is 0 Å². The number of nitrogens with two attached hydrogens (primary N) is 1. The van der Waals surface area contributed by atoms with Crippen molar-refractivity contribution in [3.8, 4) is 0 Å². The molecule has 0 atom stereocenters. The molecule has 0 bridgehead atoms. The maximum atomic E-state index is 14.5. The molecule has 2 fully saturated rings. The van der Waals surface area contributed by atoms with E-state index in [0.717, 1.165) is 10.9 Å². The largest absolute Gasteiger partial charge is 0.383 e. The number of hydrogen-bond acceptors (Lipinski definition) is 6. The molecular formula is C23H24FN7O2. The molecule has 3 heterocycles. The average molecular weight is 449 g/mol. The highest BCUT2D eigenvalue weighted by Crippen LogP contribution is 2.23. The van der Waals surface area contributed by atoms with E-state index < -0.39 is 5.82 Å². The summed E-state index contributed by atoms with van der Waals surface area (Å²) in [6.07, 6.45) is 0. The molecule has 1 aromatic heterocycles. The van der Waals surface area contributed by atoms with Gasteiger partial charge in [-0.25, -0.2) is 19.2 Å². The topological polar surface area (TPSA) is 108 Å². The highest BCUT2D eigenvalue weighted by Gasteiger charge is 2.27. The lowest BCUT2D eigenvalue weighted by atomic mass is 10.1. The van der Waals surface area contributed by atoms with Gasteiger partial charge < -0.3 is 16.0 Å². The van der Waals surface area contributed by atoms with Crippen molar-refractivity contribution in [2.75, 3.05) is 49.9 Å². The van der Waals surface area contributed by atoms with Crippen molar-refractivity contribution >= 4 is 34.3 Å². The number of halogens is 1. The van der Waals surface area contributed by atoms with Crippen LogP contribution in [0.4, 0.5) is 20.7 Å². The Morgan fingerprint density at radius 3 is 2.61 bits per heavy atom. The quantitative estimate of drug-likeness (QED) is 0.629. The SMILES string of the molecule is Nc1nc(CN2CCN(C(=O)c3cc(N4CCNC4=O)ccc3F)CC2)nc2ccccc12. The number of piperazine rings is 1. The molecule has 9 nitrogen and oxygen atoms in total. The molecule has 3 N–H and O–H groups in total. The number of hydrogen-bond donors (Lipinski definition) is 2. The van der Waals surface area contributed by atoms with Crippen molar-refractivity contribution in [1.82, 2.24) is 25.1 Å². The minimum absolute atomic E-state index is 0.0220. The number of nitrogen functional groups attached to an aromatic ring is 1. The van der Waals surface area contributed by atoms with Crippen LogP contribution in [0.1, 0.15) is 16.2 Å². The third-order valence-corrected chi connectivity index (χ3v) is 6.05. The number of aromatic nitrogens is 2. The van der Waals surface area contributed by atoms with Crippen LogP contribution in [0.2, 0.25) is 0 Å². The lowest BCUT2D eigenvalue weighted by Crippen LogP contribution is -2.48. The fourth-order valence-electron chi connectivity index (χ4n) is 4.26. The first kappa shape index (κ1) is 21.1. The average Bonchev–Trinajstić information content (AvgIpc) is 3.25. The number of rotatable bonds is 4. The summed E-state index contributed by atoms with van der Waals surface area (Å²) in [7, 11) is 0. The number of benzene rings is 2. The van der Waals surface area contributed by atoms with Gasteiger partial charge in [-0.3, -0.25) is 14.6 Å². The molecule has 10 heteroatoms. The standard InChI is InChI=1S/C23H24FN7O2/c24-18-6-5-15(31-8-7-26-23(31)33)13-17(18)22(32)30-11-9-29(10-12-30)14-20-27-19-4-2-1-3-16(19)21(25)28-20/h1-6,13H,7-12,14H2,(H,26,33)(H2,25,27,28). The molecule has 170 valence electrons. The summed E-state index contributed by atoms with van der Waals surface area (Å²) in [4.78, 5) is 39.3. The van der Waals surface area contributed by atoms with E-state index in [1.165, 1.54) is 23.1 Å². The summed E-state index contributed by atoms with van der Waals surface area (Å²) in [6, 6.07) is 11.6. The normalized spacial score (nSPS) is 16.9. The van der Waals surface area contributed by atoms with Crippen molar-refractivity contribution in [3.63, 3.8) is 0 Å². The van der Waals surface area contributed by atoms with Gasteiger partial charge in [0.05, 0.1) is 17.6 Å². The van der Waals surface area contributed by atoms with Crippen LogP contribution in [0.3, 0.4) is 0 Å². The van der Waals surface area contributed by atoms with E-state index >= 15 is 0 Å². The number of carbonyl (C=O) groups excluding carboxylic acids is 2. The van der Waals surface area contributed by atoms with E-state index in [0.29, 0.717) is 63.1 Å². The predicted molar refractivity (Wildman–Crippen MR) is 122 cm³/mol. The minimum atomic E-state index is -0.592. The first-order valence-corrected chi connectivity index (χ1v) is 10.9. The number of anilines is 2. The molecule has 0 aliphatic carbocycles. The molecule has 0 unspecified atom stereocenters. The van der Waals surface area contributed by atoms with Gasteiger partial charge in [0.2, 0.25) is 0 Å². The summed E-state index contributed by atoms with van der Waals surface area (Å²) in [5, 5.41) is 3.53. The Labute approximate surface area is 190 Å². The van der Waals surface area contributed by atoms with Gasteiger partial charge in [-0.05, 0) is 30.3 Å². The number of carbonyl (C=O) groups is 2. The molecule has 2 saturated heterocycles. The Bertz CT molecular complexity index is 1230. The monoisotopic (exact) mass is 449 g/mol. The van der Waals surface area contributed by atoms with E-state index in [1.807, 2.05) is 24.3 Å². The van der Waals surface area contributed by atoms with E-state index in [2.05, 4.69) is 20.2 Å². The molecule has 33 heavy (non-hydrogen) atoms. The Hall–Kier alpha value is -3.79. The fraction of sp³-hybridized carbons (Fsp3) is 0.304. The molecule has 0 spiro atoms. The van der Waals surface area contributed by atoms with Gasteiger partial charge in [-0.1, -0.05) is 12.1 Å². The van der Waals surface area contributed by atoms with Gasteiger partial charge in [0, 0.05) is 50.3 Å². The van der Waals surface area contributed by atoms with Crippen molar-refractivity contribution in [1.29, 1.82) is 0 Å². The lowest BCUT2D eigenvalue weighted by molar-refractivity contribution is 0.0621. The van der Waals surface area contributed by atoms with Crippen LogP contribution >= 0.6 is 0 Å². The van der Waals surface area contributed by atoms with E-state index in [-0.39, 0.29) is 17.5 Å². The van der Waals surface area contributed by atoms with Crippen LogP contribution in [-0.4, -0.2) is 71.0 Å². The lowest BCUT2D eigenvalue weighted by Gasteiger charge is -2.34. The van der Waals surface area contributed by atoms with E-state index in [9.17, 15) is 14.0 Å². The summed E-state index contributed by atoms with van der Waals surface area (Å²) >= 11 is 0. The van der Waals surface area contributed by atoms with Gasteiger partial charge in [0.25, 0.3) is 5.91 Å². The van der Waals surface area contributed by atoms with Crippen molar-refractivity contribution < 1.29 is 14.0 Å². The molecule has 5 rings (SSSR count). The van der Waals surface area contributed by atoms with Gasteiger partial charge >= 0.3 is 6.03 Å². The number of para-hydroxylation sites is 1. The summed E-state index contributed by atoms with van der Waals surface area (Å²) in [6.45, 7) is 3.65. The van der Waals surface area contributed by atoms with Crippen molar-refractivity contribution in [2.45, 2.75) is 6.54 Å². The predicted octanol–water partition coefficient (Wildman–Crippen LogP) is 1.84. The zero-order valence-electron chi connectivity index (χ0n) is 18.0. The van der Waals surface area contributed by atoms with Gasteiger partial charge in [0.15, 0.2) is 0 Å². The summed E-state index contributed by atoms with van der Waals surface area (Å²) < 4.78 is 14.5. The molecular weight excluding hydrogens is 425 g/mol. The first-order chi connectivity index (χ1) is 16.0. The number of nitrogens with one attached hydrogen (secondary N) is 1. The van der Waals surface area contributed by atoms with Crippen LogP contribution in [0.25, 0.3) is 10.9 Å². The second-order valence-electron chi connectivity index (χ2n) is 8.16. The first-order valence-electron chi connectivity index (χ1n) is 10.9. The second kappa shape index (κ2) is 8.62. The molecule has 2 aliphatic rings. The third-order valence-electron chi connectivity index (χ3n) is 6.05.